The number of alkyl halides is 3. The van der Waals surface area contributed by atoms with Crippen molar-refractivity contribution in [2.24, 2.45) is 0 Å². The molecular formula is C13H13F3N2O5S2. The highest BCUT2D eigenvalue weighted by Crippen LogP contribution is 2.35. The summed E-state index contributed by atoms with van der Waals surface area (Å²) < 4.78 is 69.1. The fourth-order valence-electron chi connectivity index (χ4n) is 1.60. The first-order valence-electron chi connectivity index (χ1n) is 6.69. The van der Waals surface area contributed by atoms with Crippen molar-refractivity contribution in [3.8, 4) is 5.75 Å². The third-order valence-corrected chi connectivity index (χ3v) is 4.37. The van der Waals surface area contributed by atoms with E-state index in [2.05, 4.69) is 14.5 Å². The van der Waals surface area contributed by atoms with Crippen LogP contribution in [0.25, 0.3) is 10.2 Å². The van der Waals surface area contributed by atoms with Gasteiger partial charge in [-0.05, 0) is 32.9 Å². The molecule has 0 bridgehead atoms. The van der Waals surface area contributed by atoms with Crippen LogP contribution in [0.4, 0.5) is 23.1 Å². The molecule has 1 N–H and O–H groups in total. The van der Waals surface area contributed by atoms with E-state index in [1.54, 1.807) is 20.8 Å². The predicted octanol–water partition coefficient (Wildman–Crippen LogP) is 3.87. The van der Waals surface area contributed by atoms with Gasteiger partial charge in [-0.1, -0.05) is 17.4 Å². The molecule has 0 spiro atoms. The number of anilines is 1. The number of aromatic nitrogens is 1. The van der Waals surface area contributed by atoms with Gasteiger partial charge in [-0.15, -0.1) is 0 Å². The number of rotatable bonds is 3. The van der Waals surface area contributed by atoms with Crippen LogP contribution in [0.2, 0.25) is 0 Å². The Balaban J connectivity index is 2.31. The van der Waals surface area contributed by atoms with Gasteiger partial charge >= 0.3 is 21.7 Å². The molecule has 0 atom stereocenters. The maximum Gasteiger partial charge on any atom is 0.534 e. The topological polar surface area (TPSA) is 94.6 Å². The Labute approximate surface area is 144 Å². The van der Waals surface area contributed by atoms with E-state index < -0.39 is 33.1 Å². The van der Waals surface area contributed by atoms with E-state index in [4.69, 9.17) is 4.74 Å². The molecule has 1 aromatic carbocycles. The average Bonchev–Trinajstić information content (AvgIpc) is 2.77. The van der Waals surface area contributed by atoms with Crippen molar-refractivity contribution in [1.82, 2.24) is 4.98 Å². The monoisotopic (exact) mass is 398 g/mol. The van der Waals surface area contributed by atoms with Crippen LogP contribution in [0.15, 0.2) is 18.2 Å². The fourth-order valence-corrected chi connectivity index (χ4v) is 2.93. The lowest BCUT2D eigenvalue weighted by Crippen LogP contribution is -2.28. The maximum atomic E-state index is 12.4. The van der Waals surface area contributed by atoms with Crippen molar-refractivity contribution in [3.05, 3.63) is 18.2 Å². The minimum absolute atomic E-state index is 0.0182. The summed E-state index contributed by atoms with van der Waals surface area (Å²) >= 11 is 0.920. The number of hydrogen-bond acceptors (Lipinski definition) is 7. The Morgan fingerprint density at radius 3 is 2.44 bits per heavy atom. The van der Waals surface area contributed by atoms with Gasteiger partial charge in [-0.2, -0.15) is 21.6 Å². The standard InChI is InChI=1S/C13H13F3N2O5S2/c1-12(2,3)22-11(19)18-10-17-9-7(5-4-6-8(9)24-10)23-25(20,21)13(14,15)16/h4-6H,1-3H3,(H,17,18,19). The molecule has 7 nitrogen and oxygen atoms in total. The van der Waals surface area contributed by atoms with Crippen LogP contribution in [-0.4, -0.2) is 30.6 Å². The van der Waals surface area contributed by atoms with E-state index in [-0.39, 0.29) is 10.6 Å². The molecule has 138 valence electrons. The van der Waals surface area contributed by atoms with Crippen LogP contribution < -0.4 is 9.50 Å². The molecule has 1 amide bonds. The summed E-state index contributed by atoms with van der Waals surface area (Å²) in [6.45, 7) is 4.95. The summed E-state index contributed by atoms with van der Waals surface area (Å²) in [5.74, 6) is -0.594. The summed E-state index contributed by atoms with van der Waals surface area (Å²) in [7, 11) is -5.83. The lowest BCUT2D eigenvalue weighted by molar-refractivity contribution is -0.0499. The summed E-state index contributed by atoms with van der Waals surface area (Å²) in [5, 5.41) is 2.35. The lowest BCUT2D eigenvalue weighted by atomic mass is 10.2. The Morgan fingerprint density at radius 1 is 1.24 bits per heavy atom. The van der Waals surface area contributed by atoms with E-state index in [0.29, 0.717) is 4.70 Å². The molecule has 0 unspecified atom stereocenters. The summed E-state index contributed by atoms with van der Waals surface area (Å²) in [5.41, 5.74) is -6.45. The van der Waals surface area contributed by atoms with E-state index >= 15 is 0 Å². The maximum absolute atomic E-state index is 12.4. The first-order chi connectivity index (χ1) is 11.3. The highest BCUT2D eigenvalue weighted by atomic mass is 32.2. The number of benzene rings is 1. The smallest absolute Gasteiger partial charge is 0.444 e. The normalized spacial score (nSPS) is 12.9. The van der Waals surface area contributed by atoms with Crippen molar-refractivity contribution in [2.45, 2.75) is 31.9 Å². The molecule has 25 heavy (non-hydrogen) atoms. The summed E-state index contributed by atoms with van der Waals surface area (Å²) in [6.07, 6.45) is -0.808. The molecule has 1 heterocycles. The number of thiazole rings is 1. The molecule has 0 aliphatic carbocycles. The molecule has 12 heteroatoms. The van der Waals surface area contributed by atoms with Gasteiger partial charge in [-0.25, -0.2) is 9.78 Å². The average molecular weight is 398 g/mol. The van der Waals surface area contributed by atoms with E-state index in [0.717, 1.165) is 17.4 Å². The zero-order chi connectivity index (χ0) is 19.0. The molecule has 1 aromatic heterocycles. The summed E-state index contributed by atoms with van der Waals surface area (Å²) in [6, 6.07) is 3.82. The van der Waals surface area contributed by atoms with Crippen LogP contribution in [0, 0.1) is 0 Å². The Bertz CT molecular complexity index is 901. The number of nitrogens with zero attached hydrogens (tertiary/aromatic N) is 1. The zero-order valence-corrected chi connectivity index (χ0v) is 14.8. The predicted molar refractivity (Wildman–Crippen MR) is 85.1 cm³/mol. The molecule has 0 saturated carbocycles. The molecule has 0 aliphatic rings. The minimum atomic E-state index is -5.83. The van der Waals surface area contributed by atoms with Crippen LogP contribution >= 0.6 is 11.3 Å². The van der Waals surface area contributed by atoms with E-state index in [9.17, 15) is 26.4 Å². The highest BCUT2D eigenvalue weighted by molar-refractivity contribution is 7.88. The van der Waals surface area contributed by atoms with Crippen molar-refractivity contribution in [2.75, 3.05) is 5.32 Å². The molecule has 0 radical (unpaired) electrons. The Hall–Kier alpha value is -2.08. The van der Waals surface area contributed by atoms with Crippen molar-refractivity contribution in [3.63, 3.8) is 0 Å². The zero-order valence-electron chi connectivity index (χ0n) is 13.2. The van der Waals surface area contributed by atoms with Gasteiger partial charge in [0.05, 0.1) is 4.70 Å². The molecule has 0 aliphatic heterocycles. The number of ether oxygens (including phenoxy) is 1. The minimum Gasteiger partial charge on any atom is -0.444 e. The van der Waals surface area contributed by atoms with E-state index in [1.807, 2.05) is 0 Å². The first-order valence-corrected chi connectivity index (χ1v) is 8.91. The number of fused-ring (bicyclic) bond motifs is 1. The van der Waals surface area contributed by atoms with Crippen LogP contribution in [0.5, 0.6) is 5.75 Å². The Kier molecular flexibility index (Phi) is 4.88. The van der Waals surface area contributed by atoms with Crippen molar-refractivity contribution < 1.29 is 35.3 Å². The largest absolute Gasteiger partial charge is 0.534 e. The van der Waals surface area contributed by atoms with E-state index in [1.165, 1.54) is 12.1 Å². The molecular weight excluding hydrogens is 385 g/mol. The van der Waals surface area contributed by atoms with Gasteiger partial charge in [0.1, 0.15) is 11.1 Å². The van der Waals surface area contributed by atoms with Gasteiger partial charge in [-0.3, -0.25) is 5.32 Å². The van der Waals surface area contributed by atoms with Gasteiger partial charge in [0, 0.05) is 0 Å². The Morgan fingerprint density at radius 2 is 1.88 bits per heavy atom. The molecule has 2 rings (SSSR count). The molecule has 0 saturated heterocycles. The second-order valence-corrected chi connectivity index (χ2v) is 8.30. The first kappa shape index (κ1) is 19.2. The number of para-hydroxylation sites is 1. The van der Waals surface area contributed by atoms with Gasteiger partial charge in [0.25, 0.3) is 0 Å². The number of nitrogens with one attached hydrogen (secondary N) is 1. The number of carbonyl (C=O) groups is 1. The SMILES string of the molecule is CC(C)(C)OC(=O)Nc1nc2c(OS(=O)(=O)C(F)(F)F)cccc2s1. The molecule has 2 aromatic rings. The van der Waals surface area contributed by atoms with Crippen LogP contribution in [-0.2, 0) is 14.9 Å². The summed E-state index contributed by atoms with van der Waals surface area (Å²) in [4.78, 5) is 15.6. The van der Waals surface area contributed by atoms with Gasteiger partial charge in [0.2, 0.25) is 0 Å². The van der Waals surface area contributed by atoms with Crippen molar-refractivity contribution >= 4 is 42.9 Å². The second kappa shape index (κ2) is 6.33. The number of hydrogen-bond donors (Lipinski definition) is 1. The second-order valence-electron chi connectivity index (χ2n) is 5.73. The fraction of sp³-hybridized carbons (Fsp3) is 0.385. The highest BCUT2D eigenvalue weighted by Gasteiger charge is 2.48. The quantitative estimate of drug-likeness (QED) is 0.623. The number of halogens is 3. The van der Waals surface area contributed by atoms with Gasteiger partial charge < -0.3 is 8.92 Å². The lowest BCUT2D eigenvalue weighted by Gasteiger charge is -2.18. The third-order valence-electron chi connectivity index (χ3n) is 2.47. The number of amides is 1. The van der Waals surface area contributed by atoms with Crippen LogP contribution in [0.1, 0.15) is 20.8 Å². The number of carbonyl (C=O) groups excluding carboxylic acids is 1. The third kappa shape index (κ3) is 4.72. The van der Waals surface area contributed by atoms with Crippen LogP contribution in [0.3, 0.4) is 0 Å². The van der Waals surface area contributed by atoms with Crippen molar-refractivity contribution in [1.29, 1.82) is 0 Å². The van der Waals surface area contributed by atoms with Gasteiger partial charge in [0.15, 0.2) is 10.9 Å². The molecule has 0 fully saturated rings.